The van der Waals surface area contributed by atoms with Crippen LogP contribution in [-0.2, 0) is 4.84 Å². The third-order valence-corrected chi connectivity index (χ3v) is 3.51. The predicted molar refractivity (Wildman–Crippen MR) is 99.9 cm³/mol. The summed E-state index contributed by atoms with van der Waals surface area (Å²) in [5.41, 5.74) is 6.15. The molecule has 0 radical (unpaired) electrons. The Hall–Kier alpha value is -2.48. The quantitative estimate of drug-likeness (QED) is 0.691. The highest BCUT2D eigenvalue weighted by atomic mass is 35.5. The molecular formula is C16H18Cl2N4O3. The SMILES string of the molecule is CON(C)C(=O)Nc1ccc(Cl)c(Cl)c1.NC(=O)Nc1ccccc1. The second-order valence-electron chi connectivity index (χ2n) is 4.59. The lowest BCUT2D eigenvalue weighted by molar-refractivity contribution is -0.0598. The van der Waals surface area contributed by atoms with Crippen LogP contribution in [0.3, 0.4) is 0 Å². The molecule has 134 valence electrons. The second-order valence-corrected chi connectivity index (χ2v) is 5.41. The summed E-state index contributed by atoms with van der Waals surface area (Å²) < 4.78 is 0. The molecule has 25 heavy (non-hydrogen) atoms. The van der Waals surface area contributed by atoms with Gasteiger partial charge in [-0.15, -0.1) is 0 Å². The Balaban J connectivity index is 0.000000271. The summed E-state index contributed by atoms with van der Waals surface area (Å²) in [5, 5.41) is 6.90. The van der Waals surface area contributed by atoms with E-state index in [-0.39, 0.29) is 0 Å². The molecule has 0 atom stereocenters. The van der Waals surface area contributed by atoms with Gasteiger partial charge in [0.25, 0.3) is 0 Å². The number of rotatable bonds is 3. The number of anilines is 2. The largest absolute Gasteiger partial charge is 0.351 e. The molecule has 0 saturated carbocycles. The van der Waals surface area contributed by atoms with Gasteiger partial charge in [-0.25, -0.2) is 14.7 Å². The van der Waals surface area contributed by atoms with Gasteiger partial charge in [0.05, 0.1) is 17.2 Å². The standard InChI is InChI=1S/C9H10Cl2N2O2.C7H8N2O/c1-13(15-2)9(14)12-6-3-4-7(10)8(11)5-6;8-7(10)9-6-4-2-1-3-5-6/h3-5H,1-2H3,(H,12,14);1-5H,(H3,8,9,10). The fourth-order valence-electron chi connectivity index (χ4n) is 1.52. The number of amides is 4. The molecule has 0 saturated heterocycles. The first-order valence-electron chi connectivity index (χ1n) is 6.99. The van der Waals surface area contributed by atoms with E-state index < -0.39 is 12.1 Å². The molecule has 7 nitrogen and oxygen atoms in total. The van der Waals surface area contributed by atoms with Gasteiger partial charge in [0.2, 0.25) is 0 Å². The normalized spacial score (nSPS) is 9.44. The van der Waals surface area contributed by atoms with Crippen LogP contribution in [0, 0.1) is 0 Å². The number of urea groups is 2. The molecule has 4 amide bonds. The number of hydrogen-bond acceptors (Lipinski definition) is 3. The third-order valence-electron chi connectivity index (χ3n) is 2.77. The van der Waals surface area contributed by atoms with Gasteiger partial charge in [-0.3, -0.25) is 4.84 Å². The number of primary amides is 1. The van der Waals surface area contributed by atoms with Crippen LogP contribution in [0.4, 0.5) is 21.0 Å². The van der Waals surface area contributed by atoms with Crippen LogP contribution < -0.4 is 16.4 Å². The van der Waals surface area contributed by atoms with E-state index in [0.29, 0.717) is 15.7 Å². The van der Waals surface area contributed by atoms with Crippen molar-refractivity contribution < 1.29 is 14.4 Å². The van der Waals surface area contributed by atoms with E-state index in [2.05, 4.69) is 10.6 Å². The van der Waals surface area contributed by atoms with E-state index in [1.54, 1.807) is 30.3 Å². The molecule has 2 aromatic carbocycles. The van der Waals surface area contributed by atoms with Gasteiger partial charge in [-0.2, -0.15) is 0 Å². The van der Waals surface area contributed by atoms with Crippen LogP contribution in [0.2, 0.25) is 10.0 Å². The van der Waals surface area contributed by atoms with E-state index in [4.69, 9.17) is 33.8 Å². The molecule has 0 fully saturated rings. The van der Waals surface area contributed by atoms with Gasteiger partial charge < -0.3 is 16.4 Å². The number of nitrogens with zero attached hydrogens (tertiary/aromatic N) is 1. The summed E-state index contributed by atoms with van der Waals surface area (Å²) in [7, 11) is 2.89. The minimum Gasteiger partial charge on any atom is -0.351 e. The van der Waals surface area contributed by atoms with Crippen molar-refractivity contribution >= 4 is 46.6 Å². The summed E-state index contributed by atoms with van der Waals surface area (Å²) in [6.07, 6.45) is 0. The lowest BCUT2D eigenvalue weighted by Gasteiger charge is -2.14. The lowest BCUT2D eigenvalue weighted by Crippen LogP contribution is -2.30. The zero-order chi connectivity index (χ0) is 18.8. The van der Waals surface area contributed by atoms with Gasteiger partial charge in [-0.1, -0.05) is 41.4 Å². The highest BCUT2D eigenvalue weighted by Gasteiger charge is 2.08. The van der Waals surface area contributed by atoms with Crippen molar-refractivity contribution in [1.29, 1.82) is 0 Å². The van der Waals surface area contributed by atoms with Gasteiger partial charge in [0.1, 0.15) is 0 Å². The first-order valence-corrected chi connectivity index (χ1v) is 7.74. The Morgan fingerprint density at radius 2 is 1.64 bits per heavy atom. The highest BCUT2D eigenvalue weighted by molar-refractivity contribution is 6.42. The van der Waals surface area contributed by atoms with Crippen LogP contribution in [0.1, 0.15) is 0 Å². The van der Waals surface area contributed by atoms with Crippen molar-refractivity contribution in [3.63, 3.8) is 0 Å². The molecule has 2 aromatic rings. The van der Waals surface area contributed by atoms with Crippen molar-refractivity contribution in [2.24, 2.45) is 5.73 Å². The molecule has 0 heterocycles. The monoisotopic (exact) mass is 384 g/mol. The van der Waals surface area contributed by atoms with Crippen LogP contribution in [0.25, 0.3) is 0 Å². The fourth-order valence-corrected chi connectivity index (χ4v) is 1.82. The van der Waals surface area contributed by atoms with Crippen molar-refractivity contribution in [1.82, 2.24) is 5.06 Å². The van der Waals surface area contributed by atoms with E-state index in [9.17, 15) is 9.59 Å². The Kier molecular flexibility index (Phi) is 8.55. The zero-order valence-corrected chi connectivity index (χ0v) is 15.1. The minimum atomic E-state index is -0.536. The lowest BCUT2D eigenvalue weighted by atomic mass is 10.3. The molecule has 0 bridgehead atoms. The number of para-hydroxylation sites is 1. The van der Waals surface area contributed by atoms with Gasteiger partial charge in [-0.05, 0) is 30.3 Å². The molecule has 0 aliphatic heterocycles. The summed E-state index contributed by atoms with van der Waals surface area (Å²) in [6.45, 7) is 0. The number of hydroxylamine groups is 2. The molecule has 0 unspecified atom stereocenters. The molecular weight excluding hydrogens is 367 g/mol. The molecule has 4 N–H and O–H groups in total. The first kappa shape index (κ1) is 20.6. The Morgan fingerprint density at radius 3 is 2.16 bits per heavy atom. The molecule has 0 aliphatic rings. The van der Waals surface area contributed by atoms with Crippen LogP contribution in [0.15, 0.2) is 48.5 Å². The van der Waals surface area contributed by atoms with Crippen molar-refractivity contribution in [2.75, 3.05) is 24.8 Å². The van der Waals surface area contributed by atoms with Crippen LogP contribution >= 0.6 is 23.2 Å². The van der Waals surface area contributed by atoms with E-state index >= 15 is 0 Å². The summed E-state index contributed by atoms with van der Waals surface area (Å²) >= 11 is 11.5. The smallest absolute Gasteiger partial charge is 0.345 e. The van der Waals surface area contributed by atoms with E-state index in [1.165, 1.54) is 14.2 Å². The first-order chi connectivity index (χ1) is 11.8. The Labute approximate surface area is 155 Å². The van der Waals surface area contributed by atoms with Crippen LogP contribution in [-0.4, -0.2) is 31.3 Å². The summed E-state index contributed by atoms with van der Waals surface area (Å²) in [4.78, 5) is 26.3. The average molecular weight is 385 g/mol. The number of carbonyl (C=O) groups is 2. The molecule has 0 spiro atoms. The zero-order valence-electron chi connectivity index (χ0n) is 13.6. The summed E-state index contributed by atoms with van der Waals surface area (Å²) in [5.74, 6) is 0. The minimum absolute atomic E-state index is 0.384. The number of nitrogens with two attached hydrogens (primary N) is 1. The fraction of sp³-hybridized carbons (Fsp3) is 0.125. The average Bonchev–Trinajstić information content (AvgIpc) is 2.58. The Morgan fingerprint density at radius 1 is 1.00 bits per heavy atom. The molecule has 0 aromatic heterocycles. The van der Waals surface area contributed by atoms with E-state index in [1.807, 2.05) is 18.2 Å². The van der Waals surface area contributed by atoms with Gasteiger partial charge in [0, 0.05) is 18.4 Å². The van der Waals surface area contributed by atoms with Crippen molar-refractivity contribution in [3.8, 4) is 0 Å². The molecule has 2 rings (SSSR count). The maximum atomic E-state index is 11.4. The topological polar surface area (TPSA) is 96.7 Å². The highest BCUT2D eigenvalue weighted by Crippen LogP contribution is 2.25. The number of benzene rings is 2. The summed E-state index contributed by atoms with van der Waals surface area (Å²) in [6, 6.07) is 12.9. The van der Waals surface area contributed by atoms with Crippen molar-refractivity contribution in [2.45, 2.75) is 0 Å². The van der Waals surface area contributed by atoms with Crippen molar-refractivity contribution in [3.05, 3.63) is 58.6 Å². The van der Waals surface area contributed by atoms with Gasteiger partial charge in [0.15, 0.2) is 0 Å². The molecule has 9 heteroatoms. The number of carbonyl (C=O) groups excluding carboxylic acids is 2. The molecule has 0 aliphatic carbocycles. The Bertz CT molecular complexity index is 714. The maximum Gasteiger partial charge on any atom is 0.345 e. The second kappa shape index (κ2) is 10.4. The van der Waals surface area contributed by atoms with Gasteiger partial charge >= 0.3 is 12.1 Å². The van der Waals surface area contributed by atoms with Crippen LogP contribution in [0.5, 0.6) is 0 Å². The third kappa shape index (κ3) is 7.75. The number of nitrogens with one attached hydrogen (secondary N) is 2. The van der Waals surface area contributed by atoms with E-state index in [0.717, 1.165) is 10.8 Å². The maximum absolute atomic E-state index is 11.4. The number of halogens is 2. The number of hydrogen-bond donors (Lipinski definition) is 3. The predicted octanol–water partition coefficient (Wildman–Crippen LogP) is 4.20.